The molecule has 0 aromatic heterocycles. The zero-order chi connectivity index (χ0) is 14.8. The summed E-state index contributed by atoms with van der Waals surface area (Å²) in [6.45, 7) is 4.20. The molecule has 0 fully saturated rings. The fraction of sp³-hybridized carbons (Fsp3) is 0.188. The Bertz CT molecular complexity index is 678. The van der Waals surface area contributed by atoms with Gasteiger partial charge in [-0.05, 0) is 49.2 Å². The van der Waals surface area contributed by atoms with Crippen LogP contribution in [0.1, 0.15) is 11.1 Å². The molecule has 2 amide bonds. The Morgan fingerprint density at radius 1 is 0.905 bits per heavy atom. The molecule has 2 aromatic rings. The number of hydrogen-bond donors (Lipinski definition) is 2. The summed E-state index contributed by atoms with van der Waals surface area (Å²) in [4.78, 5) is 12.0. The smallest absolute Gasteiger partial charge is 0.323 e. The lowest BCUT2D eigenvalue weighted by molar-refractivity contribution is 0.174. The molecule has 2 N–H and O–H groups in total. The average molecular weight is 284 g/mol. The first kappa shape index (κ1) is 13.3. The summed E-state index contributed by atoms with van der Waals surface area (Å²) in [7, 11) is 0. The molecule has 5 heteroatoms. The number of rotatable bonds is 2. The van der Waals surface area contributed by atoms with E-state index in [-0.39, 0.29) is 12.8 Å². The lowest BCUT2D eigenvalue weighted by atomic mass is 10.1. The van der Waals surface area contributed by atoms with Gasteiger partial charge in [-0.1, -0.05) is 6.07 Å². The van der Waals surface area contributed by atoms with Crippen molar-refractivity contribution in [2.45, 2.75) is 13.8 Å². The van der Waals surface area contributed by atoms with E-state index in [1.54, 1.807) is 18.2 Å². The van der Waals surface area contributed by atoms with Gasteiger partial charge in [0.05, 0.1) is 0 Å². The number of aryl methyl sites for hydroxylation is 2. The Balaban J connectivity index is 1.69. The van der Waals surface area contributed by atoms with Gasteiger partial charge in [-0.3, -0.25) is 0 Å². The zero-order valence-corrected chi connectivity index (χ0v) is 11.9. The largest absolute Gasteiger partial charge is 0.454 e. The number of carbonyl (C=O) groups is 1. The first-order chi connectivity index (χ1) is 10.1. The van der Waals surface area contributed by atoms with Gasteiger partial charge in [0.2, 0.25) is 6.79 Å². The van der Waals surface area contributed by atoms with Crippen molar-refractivity contribution < 1.29 is 14.3 Å². The summed E-state index contributed by atoms with van der Waals surface area (Å²) in [5.41, 5.74) is 3.63. The molecule has 0 saturated heterocycles. The molecule has 0 radical (unpaired) electrons. The van der Waals surface area contributed by atoms with E-state index in [4.69, 9.17) is 9.47 Å². The monoisotopic (exact) mass is 284 g/mol. The minimum Gasteiger partial charge on any atom is -0.454 e. The molecule has 3 rings (SSSR count). The fourth-order valence-corrected chi connectivity index (χ4v) is 2.31. The van der Waals surface area contributed by atoms with E-state index in [0.717, 1.165) is 16.8 Å². The third-order valence-corrected chi connectivity index (χ3v) is 3.11. The minimum atomic E-state index is -0.293. The fourth-order valence-electron chi connectivity index (χ4n) is 2.31. The predicted molar refractivity (Wildman–Crippen MR) is 81.1 cm³/mol. The summed E-state index contributed by atoms with van der Waals surface area (Å²) in [5.74, 6) is 1.33. The van der Waals surface area contributed by atoms with Gasteiger partial charge < -0.3 is 20.1 Å². The molecular formula is C16H16N2O3. The van der Waals surface area contributed by atoms with Crippen LogP contribution in [0.15, 0.2) is 36.4 Å². The summed E-state index contributed by atoms with van der Waals surface area (Å²) < 4.78 is 10.5. The maximum atomic E-state index is 12.0. The molecule has 21 heavy (non-hydrogen) atoms. The van der Waals surface area contributed by atoms with Crippen molar-refractivity contribution >= 4 is 17.4 Å². The Labute approximate surface area is 122 Å². The molecule has 0 spiro atoms. The van der Waals surface area contributed by atoms with Crippen molar-refractivity contribution in [3.63, 3.8) is 0 Å². The van der Waals surface area contributed by atoms with Crippen LogP contribution in [0, 0.1) is 13.8 Å². The number of hydrogen-bond acceptors (Lipinski definition) is 3. The van der Waals surface area contributed by atoms with E-state index >= 15 is 0 Å². The van der Waals surface area contributed by atoms with Crippen molar-refractivity contribution in [3.8, 4) is 11.5 Å². The molecule has 0 aliphatic carbocycles. The first-order valence-electron chi connectivity index (χ1n) is 6.66. The van der Waals surface area contributed by atoms with Crippen molar-refractivity contribution in [3.05, 3.63) is 47.5 Å². The van der Waals surface area contributed by atoms with Crippen LogP contribution in [0.25, 0.3) is 0 Å². The highest BCUT2D eigenvalue weighted by Gasteiger charge is 2.14. The first-order valence-corrected chi connectivity index (χ1v) is 6.66. The molecule has 1 aliphatic heterocycles. The molecule has 0 atom stereocenters. The second-order valence-corrected chi connectivity index (χ2v) is 5.02. The van der Waals surface area contributed by atoms with Crippen LogP contribution in [0.4, 0.5) is 16.2 Å². The highest BCUT2D eigenvalue weighted by molar-refractivity contribution is 6.00. The van der Waals surface area contributed by atoms with Crippen LogP contribution >= 0.6 is 0 Å². The minimum absolute atomic E-state index is 0.216. The lowest BCUT2D eigenvalue weighted by Gasteiger charge is -2.09. The molecular weight excluding hydrogens is 268 g/mol. The van der Waals surface area contributed by atoms with E-state index in [1.165, 1.54) is 0 Å². The molecule has 108 valence electrons. The number of urea groups is 1. The molecule has 0 saturated carbocycles. The molecule has 2 aromatic carbocycles. The van der Waals surface area contributed by atoms with Crippen LogP contribution in [0.2, 0.25) is 0 Å². The second-order valence-electron chi connectivity index (χ2n) is 5.02. The van der Waals surface area contributed by atoms with Crippen molar-refractivity contribution in [2.75, 3.05) is 17.4 Å². The highest BCUT2D eigenvalue weighted by atomic mass is 16.7. The molecule has 0 unspecified atom stereocenters. The Morgan fingerprint density at radius 2 is 1.57 bits per heavy atom. The van der Waals surface area contributed by atoms with Crippen LogP contribution in [0.3, 0.4) is 0 Å². The van der Waals surface area contributed by atoms with Crippen molar-refractivity contribution in [2.24, 2.45) is 0 Å². The number of carbonyl (C=O) groups excluding carboxylic acids is 1. The quantitative estimate of drug-likeness (QED) is 0.884. The van der Waals surface area contributed by atoms with Crippen LogP contribution in [-0.2, 0) is 0 Å². The third-order valence-electron chi connectivity index (χ3n) is 3.11. The normalized spacial score (nSPS) is 12.1. The van der Waals surface area contributed by atoms with Crippen molar-refractivity contribution in [1.82, 2.24) is 0 Å². The van der Waals surface area contributed by atoms with E-state index < -0.39 is 0 Å². The van der Waals surface area contributed by atoms with Gasteiger partial charge in [0, 0.05) is 17.4 Å². The van der Waals surface area contributed by atoms with Gasteiger partial charge in [-0.25, -0.2) is 4.79 Å². The average Bonchev–Trinajstić information content (AvgIpc) is 2.84. The third kappa shape index (κ3) is 3.08. The number of anilines is 2. The summed E-state index contributed by atoms with van der Waals surface area (Å²) in [5, 5.41) is 5.59. The van der Waals surface area contributed by atoms with Crippen LogP contribution < -0.4 is 20.1 Å². The van der Waals surface area contributed by atoms with Gasteiger partial charge >= 0.3 is 6.03 Å². The van der Waals surface area contributed by atoms with Gasteiger partial charge in [0.25, 0.3) is 0 Å². The molecule has 5 nitrogen and oxygen atoms in total. The van der Waals surface area contributed by atoms with Gasteiger partial charge in [0.1, 0.15) is 0 Å². The topological polar surface area (TPSA) is 59.6 Å². The number of fused-ring (bicyclic) bond motifs is 1. The highest BCUT2D eigenvalue weighted by Crippen LogP contribution is 2.34. The summed E-state index contributed by atoms with van der Waals surface area (Å²) in [6, 6.07) is 10.9. The number of benzene rings is 2. The van der Waals surface area contributed by atoms with Gasteiger partial charge in [0.15, 0.2) is 11.5 Å². The number of ether oxygens (including phenoxy) is 2. The number of nitrogens with one attached hydrogen (secondary N) is 2. The van der Waals surface area contributed by atoms with E-state index in [9.17, 15) is 4.79 Å². The SMILES string of the molecule is Cc1cc(C)cc(NC(=O)Nc2ccc3c(c2)OCO3)c1. The Kier molecular flexibility index (Phi) is 3.39. The summed E-state index contributed by atoms with van der Waals surface area (Å²) >= 11 is 0. The van der Waals surface area contributed by atoms with E-state index in [1.807, 2.05) is 26.0 Å². The van der Waals surface area contributed by atoms with E-state index in [0.29, 0.717) is 17.2 Å². The van der Waals surface area contributed by atoms with Gasteiger partial charge in [-0.15, -0.1) is 0 Å². The summed E-state index contributed by atoms with van der Waals surface area (Å²) in [6.07, 6.45) is 0. The maximum absolute atomic E-state index is 12.0. The lowest BCUT2D eigenvalue weighted by Crippen LogP contribution is -2.19. The zero-order valence-electron chi connectivity index (χ0n) is 11.9. The number of amides is 2. The van der Waals surface area contributed by atoms with Crippen LogP contribution in [-0.4, -0.2) is 12.8 Å². The second kappa shape index (κ2) is 5.36. The van der Waals surface area contributed by atoms with Crippen molar-refractivity contribution in [1.29, 1.82) is 0 Å². The maximum Gasteiger partial charge on any atom is 0.323 e. The Morgan fingerprint density at radius 3 is 2.33 bits per heavy atom. The molecule has 0 bridgehead atoms. The van der Waals surface area contributed by atoms with E-state index in [2.05, 4.69) is 16.7 Å². The van der Waals surface area contributed by atoms with Crippen LogP contribution in [0.5, 0.6) is 11.5 Å². The standard InChI is InChI=1S/C16H16N2O3/c1-10-5-11(2)7-13(6-10)18-16(19)17-12-3-4-14-15(8-12)21-9-20-14/h3-8H,9H2,1-2H3,(H2,17,18,19). The predicted octanol–water partition coefficient (Wildman–Crippen LogP) is 3.68. The molecule has 1 heterocycles. The molecule has 1 aliphatic rings. The Hall–Kier alpha value is -2.69. The van der Waals surface area contributed by atoms with Gasteiger partial charge in [-0.2, -0.15) is 0 Å².